The maximum Gasteiger partial charge on any atom is 0.212 e. The summed E-state index contributed by atoms with van der Waals surface area (Å²) in [5.74, 6) is 1.45. The zero-order valence-electron chi connectivity index (χ0n) is 9.93. The average Bonchev–Trinajstić information content (AvgIpc) is 2.76. The lowest BCUT2D eigenvalue weighted by Crippen LogP contribution is -2.13. The molecule has 0 saturated heterocycles. The molecule has 0 aliphatic rings. The van der Waals surface area contributed by atoms with Gasteiger partial charge in [-0.25, -0.2) is 4.98 Å². The number of hydrogen-bond donors (Lipinski definition) is 1. The second-order valence-corrected chi connectivity index (χ2v) is 3.74. The fourth-order valence-corrected chi connectivity index (χ4v) is 1.47. The smallest absolute Gasteiger partial charge is 0.212 e. The van der Waals surface area contributed by atoms with Crippen LogP contribution in [0.4, 0.5) is 0 Å². The Morgan fingerprint density at radius 1 is 1.35 bits per heavy atom. The number of ether oxygens (including phenoxy) is 1. The van der Waals surface area contributed by atoms with Gasteiger partial charge in [-0.1, -0.05) is 11.2 Å². The van der Waals surface area contributed by atoms with Crippen LogP contribution in [0.5, 0.6) is 5.88 Å². The lowest BCUT2D eigenvalue weighted by Gasteiger charge is -2.03. The first-order chi connectivity index (χ1) is 8.28. The molecular weight excluding hydrogens is 218 g/mol. The van der Waals surface area contributed by atoms with E-state index < -0.39 is 0 Å². The highest BCUT2D eigenvalue weighted by Crippen LogP contribution is 2.06. The molecule has 1 N–H and O–H groups in total. The molecule has 0 radical (unpaired) electrons. The third-order valence-electron chi connectivity index (χ3n) is 2.32. The summed E-state index contributed by atoms with van der Waals surface area (Å²) in [5, 5.41) is 7.17. The van der Waals surface area contributed by atoms with Gasteiger partial charge in [0.2, 0.25) is 5.88 Å². The highest BCUT2D eigenvalue weighted by molar-refractivity contribution is 5.17. The van der Waals surface area contributed by atoms with Gasteiger partial charge in [0.15, 0.2) is 0 Å². The summed E-state index contributed by atoms with van der Waals surface area (Å²) in [7, 11) is 1.60. The number of pyridine rings is 1. The van der Waals surface area contributed by atoms with Gasteiger partial charge in [0.25, 0.3) is 0 Å². The number of nitrogens with one attached hydrogen (secondary N) is 1. The molecule has 0 bridgehead atoms. The molecule has 0 aliphatic heterocycles. The number of aromatic nitrogens is 2. The van der Waals surface area contributed by atoms with E-state index in [0.29, 0.717) is 12.4 Å². The van der Waals surface area contributed by atoms with E-state index in [0.717, 1.165) is 23.6 Å². The van der Waals surface area contributed by atoms with Gasteiger partial charge < -0.3 is 14.6 Å². The Morgan fingerprint density at radius 2 is 2.24 bits per heavy atom. The largest absolute Gasteiger partial charge is 0.481 e. The van der Waals surface area contributed by atoms with Crippen molar-refractivity contribution in [3.05, 3.63) is 41.4 Å². The highest BCUT2D eigenvalue weighted by atomic mass is 16.5. The Hall–Kier alpha value is -1.88. The molecule has 0 aromatic carbocycles. The summed E-state index contributed by atoms with van der Waals surface area (Å²) in [6, 6.07) is 5.74. The normalized spacial score (nSPS) is 10.5. The zero-order chi connectivity index (χ0) is 12.1. The highest BCUT2D eigenvalue weighted by Gasteiger charge is 2.00. The Morgan fingerprint density at radius 3 is 2.82 bits per heavy atom. The van der Waals surface area contributed by atoms with Crippen molar-refractivity contribution < 1.29 is 9.26 Å². The third kappa shape index (κ3) is 3.29. The van der Waals surface area contributed by atoms with Crippen molar-refractivity contribution >= 4 is 0 Å². The molecule has 0 unspecified atom stereocenters. The summed E-state index contributed by atoms with van der Waals surface area (Å²) >= 11 is 0. The predicted octanol–water partition coefficient (Wildman–Crippen LogP) is 1.68. The van der Waals surface area contributed by atoms with E-state index in [1.54, 1.807) is 13.3 Å². The van der Waals surface area contributed by atoms with Crippen molar-refractivity contribution in [3.8, 4) is 5.88 Å². The summed E-state index contributed by atoms with van der Waals surface area (Å²) in [6.45, 7) is 3.30. The summed E-state index contributed by atoms with van der Waals surface area (Å²) < 4.78 is 9.97. The number of aryl methyl sites for hydroxylation is 1. The third-order valence-corrected chi connectivity index (χ3v) is 2.32. The van der Waals surface area contributed by atoms with Crippen molar-refractivity contribution in [2.45, 2.75) is 20.0 Å². The molecule has 0 atom stereocenters. The standard InChI is InChI=1S/C12H15N3O2/c1-9-5-11(15-17-9)8-13-6-10-3-4-12(16-2)14-7-10/h3-5,7,13H,6,8H2,1-2H3. The first-order valence-electron chi connectivity index (χ1n) is 5.40. The van der Waals surface area contributed by atoms with Gasteiger partial charge in [-0.3, -0.25) is 0 Å². The molecule has 17 heavy (non-hydrogen) atoms. The summed E-state index contributed by atoms with van der Waals surface area (Å²) in [4.78, 5) is 4.13. The molecule has 2 aromatic rings. The molecule has 90 valence electrons. The minimum Gasteiger partial charge on any atom is -0.481 e. The van der Waals surface area contributed by atoms with Crippen LogP contribution in [0.15, 0.2) is 28.9 Å². The molecule has 5 nitrogen and oxygen atoms in total. The second kappa shape index (κ2) is 5.45. The van der Waals surface area contributed by atoms with Gasteiger partial charge >= 0.3 is 0 Å². The number of methoxy groups -OCH3 is 1. The number of hydrogen-bond acceptors (Lipinski definition) is 5. The van der Waals surface area contributed by atoms with Gasteiger partial charge in [-0.2, -0.15) is 0 Å². The van der Waals surface area contributed by atoms with Gasteiger partial charge in [-0.15, -0.1) is 0 Å². The molecule has 2 heterocycles. The van der Waals surface area contributed by atoms with E-state index in [-0.39, 0.29) is 0 Å². The van der Waals surface area contributed by atoms with E-state index >= 15 is 0 Å². The van der Waals surface area contributed by atoms with Crippen molar-refractivity contribution in [1.29, 1.82) is 0 Å². The van der Waals surface area contributed by atoms with Crippen LogP contribution < -0.4 is 10.1 Å². The molecule has 0 fully saturated rings. The molecule has 0 saturated carbocycles. The predicted molar refractivity (Wildman–Crippen MR) is 62.6 cm³/mol. The fourth-order valence-electron chi connectivity index (χ4n) is 1.47. The van der Waals surface area contributed by atoms with Crippen molar-refractivity contribution in [1.82, 2.24) is 15.5 Å². The van der Waals surface area contributed by atoms with Crippen LogP contribution in [0.1, 0.15) is 17.0 Å². The van der Waals surface area contributed by atoms with E-state index in [4.69, 9.17) is 9.26 Å². The van der Waals surface area contributed by atoms with Crippen molar-refractivity contribution in [2.24, 2.45) is 0 Å². The van der Waals surface area contributed by atoms with Crippen LogP contribution in [-0.2, 0) is 13.1 Å². The molecule has 0 spiro atoms. The SMILES string of the molecule is COc1ccc(CNCc2cc(C)on2)cn1. The van der Waals surface area contributed by atoms with Gasteiger partial charge in [0, 0.05) is 31.4 Å². The first kappa shape index (κ1) is 11.6. The molecule has 2 rings (SSSR count). The topological polar surface area (TPSA) is 60.2 Å². The summed E-state index contributed by atoms with van der Waals surface area (Å²) in [5.41, 5.74) is 2.01. The molecule has 0 aliphatic carbocycles. The quantitative estimate of drug-likeness (QED) is 0.851. The van der Waals surface area contributed by atoms with Crippen molar-refractivity contribution in [2.75, 3.05) is 7.11 Å². The minimum atomic E-state index is 0.626. The van der Waals surface area contributed by atoms with Crippen LogP contribution in [0.3, 0.4) is 0 Å². The Kier molecular flexibility index (Phi) is 3.72. The zero-order valence-corrected chi connectivity index (χ0v) is 9.93. The van der Waals surface area contributed by atoms with Crippen LogP contribution in [0, 0.1) is 6.92 Å². The monoisotopic (exact) mass is 233 g/mol. The Bertz CT molecular complexity index is 465. The Balaban J connectivity index is 1.81. The van der Waals surface area contributed by atoms with Gasteiger partial charge in [-0.05, 0) is 12.5 Å². The van der Waals surface area contributed by atoms with Crippen LogP contribution in [0.2, 0.25) is 0 Å². The second-order valence-electron chi connectivity index (χ2n) is 3.74. The fraction of sp³-hybridized carbons (Fsp3) is 0.333. The van der Waals surface area contributed by atoms with Crippen LogP contribution in [0.25, 0.3) is 0 Å². The number of rotatable bonds is 5. The average molecular weight is 233 g/mol. The van der Waals surface area contributed by atoms with E-state index in [1.807, 2.05) is 25.1 Å². The van der Waals surface area contributed by atoms with E-state index in [9.17, 15) is 0 Å². The summed E-state index contributed by atoms with van der Waals surface area (Å²) in [6.07, 6.45) is 1.79. The first-order valence-corrected chi connectivity index (χ1v) is 5.40. The molecule has 5 heteroatoms. The minimum absolute atomic E-state index is 0.626. The van der Waals surface area contributed by atoms with Crippen LogP contribution in [-0.4, -0.2) is 17.3 Å². The maximum absolute atomic E-state index is 4.99. The van der Waals surface area contributed by atoms with E-state index in [1.165, 1.54) is 0 Å². The number of nitrogens with zero attached hydrogens (tertiary/aromatic N) is 2. The molecule has 2 aromatic heterocycles. The van der Waals surface area contributed by atoms with Crippen LogP contribution >= 0.6 is 0 Å². The Labute approximate surface area is 99.8 Å². The lowest BCUT2D eigenvalue weighted by molar-refractivity contribution is 0.388. The molecule has 0 amide bonds. The maximum atomic E-state index is 4.99. The van der Waals surface area contributed by atoms with Crippen molar-refractivity contribution in [3.63, 3.8) is 0 Å². The molecular formula is C12H15N3O2. The van der Waals surface area contributed by atoms with E-state index in [2.05, 4.69) is 15.5 Å². The lowest BCUT2D eigenvalue weighted by atomic mass is 10.3. The van der Waals surface area contributed by atoms with Gasteiger partial charge in [0.1, 0.15) is 5.76 Å². The van der Waals surface area contributed by atoms with Gasteiger partial charge in [0.05, 0.1) is 12.8 Å².